The predicted molar refractivity (Wildman–Crippen MR) is 106 cm³/mol. The fraction of sp³-hybridized carbons (Fsp3) is 0.316. The van der Waals surface area contributed by atoms with Crippen LogP contribution < -0.4 is 9.62 Å². The van der Waals surface area contributed by atoms with E-state index in [4.69, 9.17) is 11.6 Å². The van der Waals surface area contributed by atoms with Gasteiger partial charge in [-0.2, -0.15) is 0 Å². The SMILES string of the molecule is Cc1ccc([C@H](C)NC(=O)c2cc(N(C)S(C)(=O)=O)ccc2Cl)cc1C. The molecule has 0 radical (unpaired) electrons. The molecule has 0 aliphatic carbocycles. The van der Waals surface area contributed by atoms with Gasteiger partial charge in [0.15, 0.2) is 0 Å². The van der Waals surface area contributed by atoms with E-state index in [1.54, 1.807) is 6.07 Å². The van der Waals surface area contributed by atoms with E-state index in [0.29, 0.717) is 5.69 Å². The first-order valence-corrected chi connectivity index (χ1v) is 10.3. The highest BCUT2D eigenvalue weighted by molar-refractivity contribution is 7.92. The summed E-state index contributed by atoms with van der Waals surface area (Å²) in [5.74, 6) is -0.357. The maximum Gasteiger partial charge on any atom is 0.253 e. The van der Waals surface area contributed by atoms with Gasteiger partial charge in [-0.25, -0.2) is 8.42 Å². The molecule has 0 aliphatic heterocycles. The molecular weight excluding hydrogens is 372 g/mol. The maximum absolute atomic E-state index is 12.7. The van der Waals surface area contributed by atoms with Crippen LogP contribution in [-0.2, 0) is 10.0 Å². The van der Waals surface area contributed by atoms with Crippen molar-refractivity contribution in [2.24, 2.45) is 0 Å². The van der Waals surface area contributed by atoms with Gasteiger partial charge in [0.2, 0.25) is 10.0 Å². The van der Waals surface area contributed by atoms with E-state index in [0.717, 1.165) is 21.7 Å². The second-order valence-electron chi connectivity index (χ2n) is 6.43. The maximum atomic E-state index is 12.7. The van der Waals surface area contributed by atoms with E-state index in [2.05, 4.69) is 5.32 Å². The number of halogens is 1. The van der Waals surface area contributed by atoms with Gasteiger partial charge in [-0.3, -0.25) is 9.10 Å². The zero-order valence-corrected chi connectivity index (χ0v) is 17.1. The second kappa shape index (κ2) is 7.68. The van der Waals surface area contributed by atoms with Gasteiger partial charge in [-0.1, -0.05) is 29.8 Å². The molecule has 0 saturated carbocycles. The first kappa shape index (κ1) is 20.3. The molecule has 1 amide bonds. The molecule has 5 nitrogen and oxygen atoms in total. The zero-order chi connectivity index (χ0) is 19.6. The summed E-state index contributed by atoms with van der Waals surface area (Å²) in [6.07, 6.45) is 1.10. The molecule has 0 aromatic heterocycles. The number of hydrogen-bond acceptors (Lipinski definition) is 3. The Morgan fingerprint density at radius 2 is 1.77 bits per heavy atom. The molecule has 1 N–H and O–H groups in total. The van der Waals surface area contributed by atoms with Crippen LogP contribution in [0.25, 0.3) is 0 Å². The molecule has 0 aliphatic rings. The first-order chi connectivity index (χ1) is 12.0. The Labute approximate surface area is 160 Å². The lowest BCUT2D eigenvalue weighted by Gasteiger charge is -2.19. The summed E-state index contributed by atoms with van der Waals surface area (Å²) in [5.41, 5.74) is 3.93. The van der Waals surface area contributed by atoms with Gasteiger partial charge < -0.3 is 5.32 Å². The lowest BCUT2D eigenvalue weighted by atomic mass is 10.0. The fourth-order valence-electron chi connectivity index (χ4n) is 2.47. The highest BCUT2D eigenvalue weighted by atomic mass is 35.5. The lowest BCUT2D eigenvalue weighted by Crippen LogP contribution is -2.28. The summed E-state index contributed by atoms with van der Waals surface area (Å²) < 4.78 is 24.5. The molecular formula is C19H23ClN2O3S. The number of aryl methyl sites for hydroxylation is 2. The van der Waals surface area contributed by atoms with Crippen LogP contribution in [0.3, 0.4) is 0 Å². The highest BCUT2D eigenvalue weighted by Gasteiger charge is 2.18. The number of amides is 1. The van der Waals surface area contributed by atoms with E-state index in [-0.39, 0.29) is 22.5 Å². The highest BCUT2D eigenvalue weighted by Crippen LogP contribution is 2.25. The lowest BCUT2D eigenvalue weighted by molar-refractivity contribution is 0.0940. The van der Waals surface area contributed by atoms with E-state index in [1.165, 1.54) is 24.7 Å². The second-order valence-corrected chi connectivity index (χ2v) is 8.85. The normalized spacial score (nSPS) is 12.5. The largest absolute Gasteiger partial charge is 0.345 e. The standard InChI is InChI=1S/C19H23ClN2O3S/c1-12-6-7-15(10-13(12)2)14(3)21-19(23)17-11-16(8-9-18(17)20)22(4)26(5,24)25/h6-11,14H,1-5H3,(H,21,23)/t14-/m0/s1. The molecule has 26 heavy (non-hydrogen) atoms. The molecule has 0 bridgehead atoms. The number of benzene rings is 2. The number of carbonyl (C=O) groups excluding carboxylic acids is 1. The van der Waals surface area contributed by atoms with E-state index < -0.39 is 10.0 Å². The van der Waals surface area contributed by atoms with Crippen LogP contribution in [0.1, 0.15) is 40.0 Å². The predicted octanol–water partition coefficient (Wildman–Crippen LogP) is 3.84. The molecule has 2 aromatic rings. The molecule has 0 fully saturated rings. The number of carbonyl (C=O) groups is 1. The fourth-order valence-corrected chi connectivity index (χ4v) is 3.17. The number of sulfonamides is 1. The van der Waals surface area contributed by atoms with Crippen LogP contribution >= 0.6 is 11.6 Å². The zero-order valence-electron chi connectivity index (χ0n) is 15.5. The van der Waals surface area contributed by atoms with Crippen LogP contribution in [0.4, 0.5) is 5.69 Å². The van der Waals surface area contributed by atoms with Crippen molar-refractivity contribution in [3.63, 3.8) is 0 Å². The van der Waals surface area contributed by atoms with Crippen molar-refractivity contribution < 1.29 is 13.2 Å². The smallest absolute Gasteiger partial charge is 0.253 e. The van der Waals surface area contributed by atoms with Crippen molar-refractivity contribution >= 4 is 33.2 Å². The summed E-state index contributed by atoms with van der Waals surface area (Å²) in [5, 5.41) is 3.18. The van der Waals surface area contributed by atoms with Gasteiger partial charge in [0, 0.05) is 7.05 Å². The van der Waals surface area contributed by atoms with Gasteiger partial charge >= 0.3 is 0 Å². The average Bonchev–Trinajstić information content (AvgIpc) is 2.56. The van der Waals surface area contributed by atoms with Crippen LogP contribution in [0.5, 0.6) is 0 Å². The number of nitrogens with zero attached hydrogens (tertiary/aromatic N) is 1. The Hall–Kier alpha value is -2.05. The minimum atomic E-state index is -3.43. The monoisotopic (exact) mass is 394 g/mol. The Bertz CT molecular complexity index is 942. The Balaban J connectivity index is 2.27. The van der Waals surface area contributed by atoms with Crippen molar-refractivity contribution in [3.05, 3.63) is 63.7 Å². The van der Waals surface area contributed by atoms with Crippen molar-refractivity contribution in [1.29, 1.82) is 0 Å². The quantitative estimate of drug-likeness (QED) is 0.837. The van der Waals surface area contributed by atoms with E-state index in [9.17, 15) is 13.2 Å². The Kier molecular flexibility index (Phi) is 5.98. The minimum absolute atomic E-state index is 0.214. The van der Waals surface area contributed by atoms with Crippen LogP contribution in [0.2, 0.25) is 5.02 Å². The third-order valence-corrected chi connectivity index (χ3v) is 5.97. The number of hydrogen-bond donors (Lipinski definition) is 1. The van der Waals surface area contributed by atoms with Crippen LogP contribution in [0, 0.1) is 13.8 Å². The number of anilines is 1. The minimum Gasteiger partial charge on any atom is -0.345 e. The van der Waals surface area contributed by atoms with Crippen molar-refractivity contribution in [2.75, 3.05) is 17.6 Å². The number of rotatable bonds is 5. The molecule has 1 atom stereocenters. The molecule has 140 valence electrons. The summed E-state index contributed by atoms with van der Waals surface area (Å²) >= 11 is 6.16. The molecule has 0 spiro atoms. The van der Waals surface area contributed by atoms with Crippen LogP contribution in [-0.4, -0.2) is 27.6 Å². The van der Waals surface area contributed by atoms with Gasteiger partial charge in [0.25, 0.3) is 5.91 Å². The van der Waals surface area contributed by atoms with Gasteiger partial charge in [0.05, 0.1) is 28.6 Å². The molecule has 2 rings (SSSR count). The van der Waals surface area contributed by atoms with Gasteiger partial charge in [-0.05, 0) is 55.7 Å². The van der Waals surface area contributed by atoms with Gasteiger partial charge in [-0.15, -0.1) is 0 Å². The summed E-state index contributed by atoms with van der Waals surface area (Å²) in [6.45, 7) is 5.95. The molecule has 7 heteroatoms. The van der Waals surface area contributed by atoms with E-state index in [1.807, 2.05) is 39.0 Å². The van der Waals surface area contributed by atoms with Gasteiger partial charge in [0.1, 0.15) is 0 Å². The molecule has 0 unspecified atom stereocenters. The number of nitrogens with one attached hydrogen (secondary N) is 1. The third-order valence-electron chi connectivity index (χ3n) is 4.43. The van der Waals surface area contributed by atoms with Crippen molar-refractivity contribution in [1.82, 2.24) is 5.32 Å². The Morgan fingerprint density at radius 1 is 1.12 bits per heavy atom. The summed E-state index contributed by atoms with van der Waals surface area (Å²) in [6, 6.07) is 10.4. The summed E-state index contributed by atoms with van der Waals surface area (Å²) in [7, 11) is -2.00. The topological polar surface area (TPSA) is 66.5 Å². The average molecular weight is 395 g/mol. The molecule has 0 saturated heterocycles. The van der Waals surface area contributed by atoms with Crippen LogP contribution in [0.15, 0.2) is 36.4 Å². The molecule has 2 aromatic carbocycles. The third kappa shape index (κ3) is 4.56. The molecule has 0 heterocycles. The first-order valence-electron chi connectivity index (χ1n) is 8.12. The summed E-state index contributed by atoms with van der Waals surface area (Å²) in [4.78, 5) is 12.7. The Morgan fingerprint density at radius 3 is 2.35 bits per heavy atom. The van der Waals surface area contributed by atoms with E-state index >= 15 is 0 Å². The van der Waals surface area contributed by atoms with Crippen molar-refractivity contribution in [3.8, 4) is 0 Å². The van der Waals surface area contributed by atoms with Crippen molar-refractivity contribution in [2.45, 2.75) is 26.8 Å².